The maximum absolute atomic E-state index is 5.08. The van der Waals surface area contributed by atoms with Crippen molar-refractivity contribution in [2.45, 2.75) is 13.1 Å². The molecule has 2 nitrogen and oxygen atoms in total. The maximum atomic E-state index is 5.08. The molecule has 0 bridgehead atoms. The van der Waals surface area contributed by atoms with Crippen molar-refractivity contribution in [2.75, 3.05) is 0 Å². The van der Waals surface area contributed by atoms with Gasteiger partial charge in [-0.1, -0.05) is 42.5 Å². The summed E-state index contributed by atoms with van der Waals surface area (Å²) in [6, 6.07) is 10.1. The summed E-state index contributed by atoms with van der Waals surface area (Å²) in [7, 11) is 0. The minimum absolute atomic E-state index is 0.0219. The van der Waals surface area contributed by atoms with Gasteiger partial charge in [0.05, 0.1) is 5.71 Å². The summed E-state index contributed by atoms with van der Waals surface area (Å²) in [5.41, 5.74) is 2.07. The van der Waals surface area contributed by atoms with Crippen LogP contribution in [0.15, 0.2) is 35.3 Å². The summed E-state index contributed by atoms with van der Waals surface area (Å²) in [4.78, 5) is 5.16. The van der Waals surface area contributed by atoms with Gasteiger partial charge in [0, 0.05) is 0 Å². The van der Waals surface area contributed by atoms with Crippen LogP contribution in [0, 0.1) is 0 Å². The van der Waals surface area contributed by atoms with Crippen LogP contribution >= 0.6 is 12.2 Å². The Morgan fingerprint density at radius 1 is 1.31 bits per heavy atom. The monoisotopic (exact) mass is 190 g/mol. The molecule has 0 fully saturated rings. The number of rotatable bonds is 1. The van der Waals surface area contributed by atoms with Gasteiger partial charge in [-0.25, -0.2) is 0 Å². The lowest BCUT2D eigenvalue weighted by molar-refractivity contribution is 0.715. The predicted molar refractivity (Wildman–Crippen MR) is 58.0 cm³/mol. The average Bonchev–Trinajstić information content (AvgIpc) is 2.49. The van der Waals surface area contributed by atoms with Gasteiger partial charge in [0.1, 0.15) is 11.2 Å². The fraction of sp³-hybridized carbons (Fsp3) is 0.200. The van der Waals surface area contributed by atoms with E-state index in [0.29, 0.717) is 0 Å². The first-order valence-electron chi connectivity index (χ1n) is 4.17. The zero-order valence-corrected chi connectivity index (χ0v) is 8.14. The molecule has 1 N–H and O–H groups in total. The first-order chi connectivity index (χ1) is 6.27. The van der Waals surface area contributed by atoms with Crippen molar-refractivity contribution in [1.29, 1.82) is 0 Å². The smallest absolute Gasteiger partial charge is 0.145 e. The molecule has 1 aliphatic heterocycles. The molecule has 1 aromatic carbocycles. The molecule has 1 heterocycles. The summed E-state index contributed by atoms with van der Waals surface area (Å²) in [5, 5.41) is 3.15. The molecule has 2 rings (SSSR count). The number of nitrogens with zero attached hydrogens (tertiary/aromatic N) is 1. The number of aliphatic imine (C=N–C) groups is 1. The van der Waals surface area contributed by atoms with Gasteiger partial charge in [0.2, 0.25) is 0 Å². The summed E-state index contributed by atoms with van der Waals surface area (Å²) in [5.74, 6) is 0. The highest BCUT2D eigenvalue weighted by molar-refractivity contribution is 7.82. The Labute approximate surface area is 82.7 Å². The fourth-order valence-corrected chi connectivity index (χ4v) is 1.47. The van der Waals surface area contributed by atoms with Crippen LogP contribution in [0.5, 0.6) is 0 Å². The molecule has 0 amide bonds. The van der Waals surface area contributed by atoms with E-state index in [-0.39, 0.29) is 6.17 Å². The van der Waals surface area contributed by atoms with E-state index in [0.717, 1.165) is 16.3 Å². The second kappa shape index (κ2) is 3.26. The molecular weight excluding hydrogens is 180 g/mol. The van der Waals surface area contributed by atoms with Gasteiger partial charge in [0.15, 0.2) is 0 Å². The minimum atomic E-state index is 0.0219. The second-order valence-corrected chi connectivity index (χ2v) is 3.41. The van der Waals surface area contributed by atoms with Crippen molar-refractivity contribution in [1.82, 2.24) is 5.32 Å². The van der Waals surface area contributed by atoms with E-state index < -0.39 is 0 Å². The Morgan fingerprint density at radius 3 is 2.54 bits per heavy atom. The van der Waals surface area contributed by atoms with Crippen molar-refractivity contribution in [2.24, 2.45) is 4.99 Å². The first-order valence-corrected chi connectivity index (χ1v) is 4.58. The van der Waals surface area contributed by atoms with E-state index in [1.165, 1.54) is 0 Å². The minimum Gasteiger partial charge on any atom is -0.350 e. The Hall–Kier alpha value is -1.22. The molecule has 66 valence electrons. The van der Waals surface area contributed by atoms with Crippen LogP contribution in [-0.4, -0.2) is 10.7 Å². The zero-order chi connectivity index (χ0) is 9.26. The van der Waals surface area contributed by atoms with E-state index >= 15 is 0 Å². The third kappa shape index (κ3) is 1.60. The highest BCUT2D eigenvalue weighted by Gasteiger charge is 2.18. The van der Waals surface area contributed by atoms with Gasteiger partial charge >= 0.3 is 0 Å². The average molecular weight is 190 g/mol. The standard InChI is InChI=1S/C10H10N2S/c1-7-10(13)12-9(11-7)8-5-3-2-4-6-8/h2-6,9H,1H3,(H,12,13). The van der Waals surface area contributed by atoms with Crippen LogP contribution in [0.25, 0.3) is 0 Å². The number of benzene rings is 1. The van der Waals surface area contributed by atoms with Crippen LogP contribution in [0.2, 0.25) is 0 Å². The van der Waals surface area contributed by atoms with E-state index in [1.807, 2.05) is 37.3 Å². The molecule has 0 saturated heterocycles. The van der Waals surface area contributed by atoms with E-state index in [9.17, 15) is 0 Å². The molecule has 13 heavy (non-hydrogen) atoms. The molecule has 0 spiro atoms. The van der Waals surface area contributed by atoms with Crippen molar-refractivity contribution in [3.05, 3.63) is 35.9 Å². The Morgan fingerprint density at radius 2 is 2.00 bits per heavy atom. The van der Waals surface area contributed by atoms with Crippen LogP contribution in [0.3, 0.4) is 0 Å². The van der Waals surface area contributed by atoms with Crippen LogP contribution in [0.4, 0.5) is 0 Å². The van der Waals surface area contributed by atoms with Crippen molar-refractivity contribution >= 4 is 22.9 Å². The van der Waals surface area contributed by atoms with Crippen LogP contribution in [-0.2, 0) is 0 Å². The molecule has 1 aromatic rings. The van der Waals surface area contributed by atoms with Crippen molar-refractivity contribution in [3.63, 3.8) is 0 Å². The van der Waals surface area contributed by atoms with Gasteiger partial charge in [0.25, 0.3) is 0 Å². The summed E-state index contributed by atoms with van der Waals surface area (Å²) in [6.07, 6.45) is 0.0219. The van der Waals surface area contributed by atoms with E-state index in [2.05, 4.69) is 10.3 Å². The lowest BCUT2D eigenvalue weighted by atomic mass is 10.2. The summed E-state index contributed by atoms with van der Waals surface area (Å²) < 4.78 is 0. The van der Waals surface area contributed by atoms with Crippen LogP contribution < -0.4 is 5.32 Å². The van der Waals surface area contributed by atoms with Crippen molar-refractivity contribution < 1.29 is 0 Å². The number of nitrogens with one attached hydrogen (secondary N) is 1. The molecule has 0 aliphatic carbocycles. The predicted octanol–water partition coefficient (Wildman–Crippen LogP) is 2.08. The maximum Gasteiger partial charge on any atom is 0.145 e. The normalized spacial score (nSPS) is 21.2. The molecule has 0 aromatic heterocycles. The van der Waals surface area contributed by atoms with Gasteiger partial charge < -0.3 is 5.32 Å². The topological polar surface area (TPSA) is 24.4 Å². The van der Waals surface area contributed by atoms with E-state index in [1.54, 1.807) is 0 Å². The highest BCUT2D eigenvalue weighted by atomic mass is 32.1. The lowest BCUT2D eigenvalue weighted by Crippen LogP contribution is -2.21. The largest absolute Gasteiger partial charge is 0.350 e. The van der Waals surface area contributed by atoms with Gasteiger partial charge in [-0.15, -0.1) is 0 Å². The number of thiocarbonyl (C=S) groups is 1. The van der Waals surface area contributed by atoms with Crippen LogP contribution in [0.1, 0.15) is 18.7 Å². The molecule has 1 atom stereocenters. The zero-order valence-electron chi connectivity index (χ0n) is 7.32. The fourth-order valence-electron chi connectivity index (χ4n) is 1.31. The second-order valence-electron chi connectivity index (χ2n) is 3.00. The summed E-state index contributed by atoms with van der Waals surface area (Å²) >= 11 is 5.08. The molecule has 1 aliphatic rings. The molecule has 3 heteroatoms. The third-order valence-corrected chi connectivity index (χ3v) is 2.45. The molecule has 0 radical (unpaired) electrons. The Kier molecular flexibility index (Phi) is 2.10. The third-order valence-electron chi connectivity index (χ3n) is 2.03. The van der Waals surface area contributed by atoms with E-state index in [4.69, 9.17) is 12.2 Å². The van der Waals surface area contributed by atoms with Gasteiger partial charge in [-0.2, -0.15) is 0 Å². The number of hydrogen-bond donors (Lipinski definition) is 1. The lowest BCUT2D eigenvalue weighted by Gasteiger charge is -2.07. The van der Waals surface area contributed by atoms with Crippen molar-refractivity contribution in [3.8, 4) is 0 Å². The first kappa shape index (κ1) is 8.38. The quantitative estimate of drug-likeness (QED) is 0.686. The Bertz CT molecular complexity index is 356. The van der Waals surface area contributed by atoms with Gasteiger partial charge in [-0.3, -0.25) is 4.99 Å². The highest BCUT2D eigenvalue weighted by Crippen LogP contribution is 2.18. The Balaban J connectivity index is 2.27. The SMILES string of the molecule is CC1=NC(c2ccccc2)NC1=S. The molecular formula is C10H10N2S. The molecule has 0 saturated carbocycles. The number of hydrogen-bond acceptors (Lipinski definition) is 2. The summed E-state index contributed by atoms with van der Waals surface area (Å²) in [6.45, 7) is 1.93. The van der Waals surface area contributed by atoms with Gasteiger partial charge in [-0.05, 0) is 12.5 Å². The molecule has 1 unspecified atom stereocenters.